The molecule has 36 heavy (non-hydrogen) atoms. The molecule has 0 aromatic rings. The Bertz CT molecular complexity index is 685. The van der Waals surface area contributed by atoms with Gasteiger partial charge in [-0.05, 0) is 6.92 Å². The van der Waals surface area contributed by atoms with Gasteiger partial charge in [-0.15, -0.1) is 0 Å². The standard InChI is InChI=1S/C20H37NO15/c1-6-11(27)13(29)15(31)19(33-6)36-18(9(26)4-23)17(8(3-22)21-7(2)25)35-20-16(32)14(30)12(28)10(5-24)34-20/h6,8-20,22-24,26-32H,3-5H2,1-2H3,(H,21,25)/t6-,8-,9+,10+,11+,12-,13+,14-,15-,16+,17+,18+,19-,20-/m0/s1. The van der Waals surface area contributed by atoms with Crippen molar-refractivity contribution in [1.29, 1.82) is 0 Å². The Kier molecular flexibility index (Phi) is 11.8. The van der Waals surface area contributed by atoms with Crippen LogP contribution in [0.15, 0.2) is 0 Å². The van der Waals surface area contributed by atoms with Gasteiger partial charge in [-0.3, -0.25) is 4.79 Å². The summed E-state index contributed by atoms with van der Waals surface area (Å²) in [6.45, 7) is -0.140. The number of aliphatic hydroxyl groups excluding tert-OH is 10. The van der Waals surface area contributed by atoms with Crippen molar-refractivity contribution in [3.63, 3.8) is 0 Å². The molecule has 0 aromatic heterocycles. The highest BCUT2D eigenvalue weighted by Gasteiger charge is 2.50. The Labute approximate surface area is 206 Å². The average Bonchev–Trinajstić information content (AvgIpc) is 2.85. The van der Waals surface area contributed by atoms with Gasteiger partial charge < -0.3 is 75.3 Å². The minimum absolute atomic E-state index is 0.671. The van der Waals surface area contributed by atoms with E-state index in [9.17, 15) is 55.9 Å². The number of hydrogen-bond donors (Lipinski definition) is 11. The Hall–Kier alpha value is -1.09. The van der Waals surface area contributed by atoms with Gasteiger partial charge in [0.1, 0.15) is 61.0 Å². The number of carbonyl (C=O) groups excluding carboxylic acids is 1. The fraction of sp³-hybridized carbons (Fsp3) is 0.950. The van der Waals surface area contributed by atoms with Crippen LogP contribution in [0.2, 0.25) is 0 Å². The molecule has 0 radical (unpaired) electrons. The van der Waals surface area contributed by atoms with E-state index in [2.05, 4.69) is 5.32 Å². The van der Waals surface area contributed by atoms with E-state index in [1.807, 2.05) is 0 Å². The van der Waals surface area contributed by atoms with Crippen molar-refractivity contribution in [1.82, 2.24) is 5.32 Å². The zero-order valence-corrected chi connectivity index (χ0v) is 19.7. The Morgan fingerprint density at radius 3 is 1.83 bits per heavy atom. The minimum atomic E-state index is -1.91. The van der Waals surface area contributed by atoms with Crippen molar-refractivity contribution in [2.24, 2.45) is 0 Å². The third-order valence-corrected chi connectivity index (χ3v) is 6.11. The van der Waals surface area contributed by atoms with Gasteiger partial charge in [-0.2, -0.15) is 0 Å². The molecule has 0 aliphatic carbocycles. The number of aliphatic hydroxyl groups is 10. The van der Waals surface area contributed by atoms with E-state index < -0.39 is 111 Å². The summed E-state index contributed by atoms with van der Waals surface area (Å²) in [5.41, 5.74) is 0. The lowest BCUT2D eigenvalue weighted by Gasteiger charge is -2.45. The Morgan fingerprint density at radius 1 is 0.806 bits per heavy atom. The Balaban J connectivity index is 2.41. The maximum atomic E-state index is 11.8. The van der Waals surface area contributed by atoms with E-state index in [4.69, 9.17) is 18.9 Å². The van der Waals surface area contributed by atoms with Crippen LogP contribution in [0, 0.1) is 0 Å². The summed E-state index contributed by atoms with van der Waals surface area (Å²) < 4.78 is 21.9. The molecule has 2 fully saturated rings. The molecular weight excluding hydrogens is 494 g/mol. The topological polar surface area (TPSA) is 268 Å². The van der Waals surface area contributed by atoms with Crippen LogP contribution in [-0.2, 0) is 23.7 Å². The first-order valence-corrected chi connectivity index (χ1v) is 11.4. The molecule has 0 spiro atoms. The summed E-state index contributed by atoms with van der Waals surface area (Å²) in [6.07, 6.45) is -21.8. The molecule has 2 aliphatic heterocycles. The maximum Gasteiger partial charge on any atom is 0.217 e. The molecular formula is C20H37NO15. The second kappa shape index (κ2) is 13.6. The highest BCUT2D eigenvalue weighted by molar-refractivity contribution is 5.73. The highest BCUT2D eigenvalue weighted by atomic mass is 16.7. The van der Waals surface area contributed by atoms with Gasteiger partial charge in [0.25, 0.3) is 0 Å². The van der Waals surface area contributed by atoms with Crippen LogP contribution in [0.5, 0.6) is 0 Å². The highest BCUT2D eigenvalue weighted by Crippen LogP contribution is 2.29. The maximum absolute atomic E-state index is 11.8. The largest absolute Gasteiger partial charge is 0.394 e. The minimum Gasteiger partial charge on any atom is -0.394 e. The second-order valence-electron chi connectivity index (χ2n) is 8.82. The summed E-state index contributed by atoms with van der Waals surface area (Å²) in [7, 11) is 0. The van der Waals surface area contributed by atoms with E-state index in [1.54, 1.807) is 0 Å². The molecule has 2 rings (SSSR count). The lowest BCUT2D eigenvalue weighted by Crippen LogP contribution is -2.65. The van der Waals surface area contributed by atoms with E-state index in [0.717, 1.165) is 6.92 Å². The summed E-state index contributed by atoms with van der Waals surface area (Å²) in [5.74, 6) is -0.671. The fourth-order valence-corrected chi connectivity index (χ4v) is 4.00. The predicted molar refractivity (Wildman–Crippen MR) is 114 cm³/mol. The van der Waals surface area contributed by atoms with E-state index in [-0.39, 0.29) is 0 Å². The number of carbonyl (C=O) groups is 1. The van der Waals surface area contributed by atoms with Crippen molar-refractivity contribution in [3.05, 3.63) is 0 Å². The number of rotatable bonds is 11. The molecule has 2 saturated heterocycles. The van der Waals surface area contributed by atoms with Crippen LogP contribution in [0.3, 0.4) is 0 Å². The summed E-state index contributed by atoms with van der Waals surface area (Å²) in [4.78, 5) is 11.8. The number of amides is 1. The molecule has 0 bridgehead atoms. The van der Waals surface area contributed by atoms with Crippen molar-refractivity contribution >= 4 is 5.91 Å². The molecule has 0 saturated carbocycles. The molecule has 14 atom stereocenters. The number of nitrogens with one attached hydrogen (secondary N) is 1. The normalized spacial score (nSPS) is 40.8. The first kappa shape index (κ1) is 31.1. The van der Waals surface area contributed by atoms with Crippen LogP contribution in [0.4, 0.5) is 0 Å². The molecule has 0 unspecified atom stereocenters. The first-order valence-electron chi connectivity index (χ1n) is 11.4. The quantitative estimate of drug-likeness (QED) is 0.118. The molecule has 16 nitrogen and oxygen atoms in total. The lowest BCUT2D eigenvalue weighted by atomic mass is 9.97. The molecule has 16 heteroatoms. The van der Waals surface area contributed by atoms with E-state index >= 15 is 0 Å². The molecule has 11 N–H and O–H groups in total. The van der Waals surface area contributed by atoms with Gasteiger partial charge in [0.15, 0.2) is 12.6 Å². The van der Waals surface area contributed by atoms with Gasteiger partial charge >= 0.3 is 0 Å². The number of hydrogen-bond acceptors (Lipinski definition) is 15. The molecule has 2 heterocycles. The van der Waals surface area contributed by atoms with Crippen molar-refractivity contribution in [2.45, 2.75) is 99.6 Å². The molecule has 212 valence electrons. The number of ether oxygens (including phenoxy) is 4. The van der Waals surface area contributed by atoms with Crippen molar-refractivity contribution in [2.75, 3.05) is 19.8 Å². The first-order chi connectivity index (χ1) is 16.9. The second-order valence-corrected chi connectivity index (χ2v) is 8.82. The monoisotopic (exact) mass is 531 g/mol. The van der Waals surface area contributed by atoms with Crippen LogP contribution in [0.25, 0.3) is 0 Å². The van der Waals surface area contributed by atoms with Gasteiger partial charge in [0.05, 0.1) is 32.0 Å². The fourth-order valence-electron chi connectivity index (χ4n) is 4.00. The van der Waals surface area contributed by atoms with Crippen LogP contribution < -0.4 is 5.32 Å². The zero-order chi connectivity index (χ0) is 27.3. The van der Waals surface area contributed by atoms with E-state index in [1.165, 1.54) is 6.92 Å². The molecule has 1 amide bonds. The molecule has 0 aromatic carbocycles. The third-order valence-electron chi connectivity index (χ3n) is 6.11. The zero-order valence-electron chi connectivity index (χ0n) is 19.7. The van der Waals surface area contributed by atoms with Gasteiger partial charge in [0.2, 0.25) is 5.91 Å². The smallest absolute Gasteiger partial charge is 0.217 e. The lowest BCUT2D eigenvalue weighted by molar-refractivity contribution is -0.347. The SMILES string of the molecule is CC(=O)N[C@@H](CO)[C@@H](O[C@@H]1O[C@H](CO)[C@H](O)[C@H](O)[C@H]1O)[C@H](O[C@@H]1O[C@@H](C)[C@@H](O)[C@@H](O)[C@@H]1O)[C@H](O)CO. The van der Waals surface area contributed by atoms with Crippen LogP contribution in [-0.4, -0.2) is 163 Å². The summed E-state index contributed by atoms with van der Waals surface area (Å²) in [6, 6.07) is -1.41. The van der Waals surface area contributed by atoms with Gasteiger partial charge in [0, 0.05) is 6.92 Å². The Morgan fingerprint density at radius 2 is 1.33 bits per heavy atom. The molecule has 2 aliphatic rings. The predicted octanol–water partition coefficient (Wildman–Crippen LogP) is -6.77. The van der Waals surface area contributed by atoms with Crippen molar-refractivity contribution < 1.29 is 74.8 Å². The summed E-state index contributed by atoms with van der Waals surface area (Å²) >= 11 is 0. The van der Waals surface area contributed by atoms with Crippen LogP contribution >= 0.6 is 0 Å². The van der Waals surface area contributed by atoms with Gasteiger partial charge in [-0.25, -0.2) is 0 Å². The average molecular weight is 532 g/mol. The summed E-state index contributed by atoms with van der Waals surface area (Å²) in [5, 5.41) is 103. The van der Waals surface area contributed by atoms with E-state index in [0.29, 0.717) is 0 Å². The van der Waals surface area contributed by atoms with Crippen molar-refractivity contribution in [3.8, 4) is 0 Å². The third kappa shape index (κ3) is 7.06. The van der Waals surface area contributed by atoms with Gasteiger partial charge in [-0.1, -0.05) is 0 Å². The van der Waals surface area contributed by atoms with Crippen LogP contribution in [0.1, 0.15) is 13.8 Å².